The van der Waals surface area contributed by atoms with Gasteiger partial charge in [-0.3, -0.25) is 14.8 Å². The number of thiophene rings is 1. The number of hydrogen-bond acceptors (Lipinski definition) is 5. The van der Waals surface area contributed by atoms with Gasteiger partial charge >= 0.3 is 0 Å². The first-order valence-corrected chi connectivity index (χ1v) is 10.0. The zero-order chi connectivity index (χ0) is 19.4. The molecule has 0 aliphatic heterocycles. The van der Waals surface area contributed by atoms with Gasteiger partial charge in [0.25, 0.3) is 0 Å². The Hall–Kier alpha value is -3.78. The predicted octanol–water partition coefficient (Wildman–Crippen LogP) is 4.63. The number of aromatic nitrogens is 7. The van der Waals surface area contributed by atoms with Crippen LogP contribution in [0.2, 0.25) is 0 Å². The van der Waals surface area contributed by atoms with E-state index in [-0.39, 0.29) is 0 Å². The van der Waals surface area contributed by atoms with Gasteiger partial charge in [0, 0.05) is 64.0 Å². The van der Waals surface area contributed by atoms with Gasteiger partial charge in [0.2, 0.25) is 0 Å². The second kappa shape index (κ2) is 6.11. The van der Waals surface area contributed by atoms with Gasteiger partial charge in [0.05, 0.1) is 17.6 Å². The molecule has 0 bridgehead atoms. The van der Waals surface area contributed by atoms with Crippen molar-refractivity contribution in [1.29, 1.82) is 0 Å². The average molecular weight is 397 g/mol. The number of pyridine rings is 2. The van der Waals surface area contributed by atoms with Gasteiger partial charge in [-0.05, 0) is 29.6 Å². The zero-order valence-electron chi connectivity index (χ0n) is 15.4. The van der Waals surface area contributed by atoms with E-state index >= 15 is 0 Å². The predicted molar refractivity (Wildman–Crippen MR) is 114 cm³/mol. The van der Waals surface area contributed by atoms with Gasteiger partial charge in [0.15, 0.2) is 5.65 Å². The van der Waals surface area contributed by atoms with Crippen LogP contribution in [0.1, 0.15) is 0 Å². The van der Waals surface area contributed by atoms with Crippen LogP contribution in [0.4, 0.5) is 0 Å². The molecule has 0 unspecified atom stereocenters. The van der Waals surface area contributed by atoms with Crippen molar-refractivity contribution in [2.75, 3.05) is 0 Å². The van der Waals surface area contributed by atoms with E-state index < -0.39 is 0 Å². The van der Waals surface area contributed by atoms with Gasteiger partial charge in [0.1, 0.15) is 5.69 Å². The first-order chi connectivity index (χ1) is 14.3. The molecule has 6 aromatic heterocycles. The lowest BCUT2D eigenvalue weighted by atomic mass is 10.1. The molecular weight excluding hydrogens is 382 g/mol. The first kappa shape index (κ1) is 16.2. The Balaban J connectivity index is 1.53. The number of fused-ring (bicyclic) bond motifs is 2. The molecule has 0 amide bonds. The lowest BCUT2D eigenvalue weighted by Crippen LogP contribution is -1.84. The first-order valence-electron chi connectivity index (χ1n) is 9.10. The molecule has 2 N–H and O–H groups in total. The summed E-state index contributed by atoms with van der Waals surface area (Å²) < 4.78 is 1.78. The van der Waals surface area contributed by atoms with Gasteiger partial charge in [-0.15, -0.1) is 0 Å². The zero-order valence-corrected chi connectivity index (χ0v) is 16.2. The maximum absolute atomic E-state index is 4.60. The lowest BCUT2D eigenvalue weighted by Gasteiger charge is -1.98. The van der Waals surface area contributed by atoms with Crippen LogP contribution in [-0.2, 0) is 7.05 Å². The molecule has 0 radical (unpaired) electrons. The van der Waals surface area contributed by atoms with Crippen LogP contribution in [0.25, 0.3) is 55.7 Å². The highest BCUT2D eigenvalue weighted by molar-refractivity contribution is 7.08. The van der Waals surface area contributed by atoms with Gasteiger partial charge in [-0.2, -0.15) is 21.5 Å². The minimum Gasteiger partial charge on any atom is -0.353 e. The third-order valence-electron chi connectivity index (χ3n) is 5.05. The van der Waals surface area contributed by atoms with Crippen molar-refractivity contribution in [3.8, 4) is 33.8 Å². The monoisotopic (exact) mass is 397 g/mol. The summed E-state index contributed by atoms with van der Waals surface area (Å²) in [5, 5.41) is 18.1. The molecule has 140 valence electrons. The molecule has 0 saturated carbocycles. The summed E-state index contributed by atoms with van der Waals surface area (Å²) >= 11 is 1.67. The normalized spacial score (nSPS) is 11.6. The molecule has 0 spiro atoms. The summed E-state index contributed by atoms with van der Waals surface area (Å²) in [5.74, 6) is 0. The largest absolute Gasteiger partial charge is 0.353 e. The fourth-order valence-corrected chi connectivity index (χ4v) is 4.29. The highest BCUT2D eigenvalue weighted by atomic mass is 32.1. The second-order valence-electron chi connectivity index (χ2n) is 6.91. The van der Waals surface area contributed by atoms with Crippen LogP contribution in [0.5, 0.6) is 0 Å². The highest BCUT2D eigenvalue weighted by Crippen LogP contribution is 2.34. The molecule has 0 fully saturated rings. The lowest BCUT2D eigenvalue weighted by molar-refractivity contribution is 0.768. The molecular formula is C21H15N7S. The fraction of sp³-hybridized carbons (Fsp3) is 0.0476. The summed E-state index contributed by atoms with van der Waals surface area (Å²) in [6, 6.07) is 8.29. The molecule has 6 rings (SSSR count). The smallest absolute Gasteiger partial charge is 0.155 e. The molecule has 0 aromatic carbocycles. The number of nitrogens with zero attached hydrogens (tertiary/aromatic N) is 5. The molecule has 0 aliphatic rings. The Labute approximate surface area is 169 Å². The minimum absolute atomic E-state index is 0.752. The summed E-state index contributed by atoms with van der Waals surface area (Å²) in [6.07, 6.45) is 7.49. The molecule has 0 saturated heterocycles. The van der Waals surface area contributed by atoms with Crippen LogP contribution in [0.15, 0.2) is 59.8 Å². The van der Waals surface area contributed by atoms with E-state index in [1.54, 1.807) is 16.0 Å². The van der Waals surface area contributed by atoms with Crippen molar-refractivity contribution in [3.63, 3.8) is 0 Å². The molecule has 6 aromatic rings. The van der Waals surface area contributed by atoms with Crippen LogP contribution in [0.3, 0.4) is 0 Å². The fourth-order valence-electron chi connectivity index (χ4n) is 3.65. The molecule has 0 aliphatic carbocycles. The molecule has 7 nitrogen and oxygen atoms in total. The minimum atomic E-state index is 0.752. The number of aryl methyl sites for hydroxylation is 1. The Morgan fingerprint density at radius 1 is 0.966 bits per heavy atom. The third kappa shape index (κ3) is 2.57. The van der Waals surface area contributed by atoms with E-state index in [4.69, 9.17) is 0 Å². The second-order valence-corrected chi connectivity index (χ2v) is 7.69. The van der Waals surface area contributed by atoms with Crippen molar-refractivity contribution in [1.82, 2.24) is 34.9 Å². The van der Waals surface area contributed by atoms with Crippen LogP contribution in [-0.4, -0.2) is 34.9 Å². The maximum Gasteiger partial charge on any atom is 0.155 e. The van der Waals surface area contributed by atoms with E-state index in [9.17, 15) is 0 Å². The Morgan fingerprint density at radius 2 is 1.93 bits per heavy atom. The van der Waals surface area contributed by atoms with E-state index in [2.05, 4.69) is 59.2 Å². The Bertz CT molecular complexity index is 1470. The van der Waals surface area contributed by atoms with Crippen molar-refractivity contribution >= 4 is 33.3 Å². The van der Waals surface area contributed by atoms with E-state index in [1.807, 2.05) is 37.9 Å². The third-order valence-corrected chi connectivity index (χ3v) is 5.74. The van der Waals surface area contributed by atoms with Crippen molar-refractivity contribution in [3.05, 3.63) is 59.8 Å². The van der Waals surface area contributed by atoms with Crippen LogP contribution < -0.4 is 0 Å². The van der Waals surface area contributed by atoms with Crippen LogP contribution >= 0.6 is 11.3 Å². The van der Waals surface area contributed by atoms with E-state index in [1.165, 1.54) is 0 Å². The summed E-state index contributed by atoms with van der Waals surface area (Å²) in [5.41, 5.74) is 7.68. The number of rotatable bonds is 3. The SMILES string of the molecule is Cn1cc(-c2cnc3[nH]nc(-c4cc5c(-c6ccsc6)nccc5[nH]4)c3c2)cn1. The number of hydrogen-bond donors (Lipinski definition) is 2. The summed E-state index contributed by atoms with van der Waals surface area (Å²) in [7, 11) is 1.91. The standard InChI is InChI=1S/C21H15N7S/c1-28-10-14(9-24-28)13-6-16-20(26-27-21(16)23-8-13)18-7-15-17(25-18)2-4-22-19(15)12-3-5-29-11-12/h2-11,25H,1H3,(H,23,26,27). The van der Waals surface area contributed by atoms with Gasteiger partial charge < -0.3 is 4.98 Å². The van der Waals surface area contributed by atoms with Crippen molar-refractivity contribution < 1.29 is 0 Å². The van der Waals surface area contributed by atoms with E-state index in [0.717, 1.165) is 55.7 Å². The average Bonchev–Trinajstić information content (AvgIpc) is 3.51. The van der Waals surface area contributed by atoms with E-state index in [0.29, 0.717) is 0 Å². The summed E-state index contributed by atoms with van der Waals surface area (Å²) in [4.78, 5) is 12.6. The molecule has 29 heavy (non-hydrogen) atoms. The topological polar surface area (TPSA) is 88.1 Å². The number of aromatic amines is 2. The highest BCUT2D eigenvalue weighted by Gasteiger charge is 2.15. The molecule has 8 heteroatoms. The number of H-pyrrole nitrogens is 2. The van der Waals surface area contributed by atoms with Gasteiger partial charge in [-0.1, -0.05) is 0 Å². The Morgan fingerprint density at radius 3 is 2.76 bits per heavy atom. The van der Waals surface area contributed by atoms with Crippen LogP contribution in [0, 0.1) is 0 Å². The number of nitrogens with one attached hydrogen (secondary N) is 2. The van der Waals surface area contributed by atoms with Crippen molar-refractivity contribution in [2.45, 2.75) is 0 Å². The maximum atomic E-state index is 4.60. The molecule has 0 atom stereocenters. The molecule has 6 heterocycles. The van der Waals surface area contributed by atoms with Gasteiger partial charge in [-0.25, -0.2) is 4.98 Å². The summed E-state index contributed by atoms with van der Waals surface area (Å²) in [6.45, 7) is 0. The quantitative estimate of drug-likeness (QED) is 0.456. The van der Waals surface area contributed by atoms with Crippen molar-refractivity contribution in [2.24, 2.45) is 7.05 Å². The Kier molecular flexibility index (Phi) is 3.41.